The molecule has 0 saturated carbocycles. The third kappa shape index (κ3) is 10.5. The summed E-state index contributed by atoms with van der Waals surface area (Å²) in [4.78, 5) is 0. The first kappa shape index (κ1) is 30.1. The number of benzene rings is 2. The van der Waals surface area contributed by atoms with E-state index >= 15 is 0 Å². The molecule has 0 spiro atoms. The molecule has 4 heteroatoms. The van der Waals surface area contributed by atoms with Gasteiger partial charge >= 0.3 is 30.2 Å². The van der Waals surface area contributed by atoms with Gasteiger partial charge in [0, 0.05) is 0 Å². The van der Waals surface area contributed by atoms with E-state index in [-0.39, 0.29) is 32.2 Å². The van der Waals surface area contributed by atoms with Crippen LogP contribution in [0, 0.1) is 13.8 Å². The SMILES string of the molecule is C[CH-]C.Cl.Cl.[CH3-].[Si]=[Zr].c1ccc2[cH-]ccc2c1.c1ccc2[cH-]ccc2c1. The fourth-order valence-corrected chi connectivity index (χ4v) is 2.14. The molecule has 26 heavy (non-hydrogen) atoms. The maximum absolute atomic E-state index is 3.06. The monoisotopic (exact) mass is 478 g/mol. The normalized spacial score (nSPS) is 7.88. The third-order valence-electron chi connectivity index (χ3n) is 3.10. The van der Waals surface area contributed by atoms with E-state index in [1.165, 1.54) is 44.9 Å². The van der Waals surface area contributed by atoms with Crippen LogP contribution in [0.4, 0.5) is 0 Å². The first-order valence-corrected chi connectivity index (χ1v) is 11.7. The van der Waals surface area contributed by atoms with E-state index in [9.17, 15) is 0 Å². The minimum Gasteiger partial charge on any atom is -0.168 e. The van der Waals surface area contributed by atoms with Gasteiger partial charge in [-0.25, -0.2) is 0 Å². The average Bonchev–Trinajstić information content (AvgIpc) is 3.27. The molecule has 0 heterocycles. The number of hydrogen-bond donors (Lipinski definition) is 0. The van der Waals surface area contributed by atoms with Gasteiger partial charge in [-0.15, -0.1) is 84.1 Å². The van der Waals surface area contributed by atoms with Crippen molar-refractivity contribution in [3.63, 3.8) is 0 Å². The van der Waals surface area contributed by atoms with Gasteiger partial charge in [-0.2, -0.15) is 48.9 Å². The van der Waals surface area contributed by atoms with E-state index in [4.69, 9.17) is 0 Å². The molecule has 4 aromatic rings. The Labute approximate surface area is 188 Å². The fourth-order valence-electron chi connectivity index (χ4n) is 2.14. The van der Waals surface area contributed by atoms with Gasteiger partial charge in [-0.3, -0.25) is 0 Å². The van der Waals surface area contributed by atoms with Crippen LogP contribution in [-0.2, 0) is 23.3 Å². The molecule has 0 aliphatic carbocycles. The Kier molecular flexibility index (Phi) is 22.1. The molecule has 0 amide bonds. The molecule has 0 saturated heterocycles. The van der Waals surface area contributed by atoms with Gasteiger partial charge in [-0.1, -0.05) is 12.1 Å². The molecule has 0 unspecified atom stereocenters. The van der Waals surface area contributed by atoms with Crippen molar-refractivity contribution in [2.24, 2.45) is 0 Å². The van der Waals surface area contributed by atoms with Gasteiger partial charge in [0.15, 0.2) is 0 Å². The van der Waals surface area contributed by atoms with Gasteiger partial charge in [0.05, 0.1) is 0 Å². The van der Waals surface area contributed by atoms with Crippen molar-refractivity contribution in [1.82, 2.24) is 0 Å². The first-order valence-electron chi connectivity index (χ1n) is 7.55. The summed E-state index contributed by atoms with van der Waals surface area (Å²) >= 11 is 1.36. The molecule has 0 aliphatic rings. The molecule has 4 aromatic carbocycles. The second-order valence-electron chi connectivity index (χ2n) is 4.89. The number of halogens is 2. The summed E-state index contributed by atoms with van der Waals surface area (Å²) in [7, 11) is 0. The van der Waals surface area contributed by atoms with Crippen LogP contribution in [0.25, 0.3) is 21.5 Å². The Morgan fingerprint density at radius 3 is 1.31 bits per heavy atom. The average molecular weight is 481 g/mol. The largest absolute Gasteiger partial charge is 0.168 e. The molecule has 0 bridgehead atoms. The van der Waals surface area contributed by atoms with Crippen LogP contribution in [0.15, 0.2) is 84.9 Å². The van der Waals surface area contributed by atoms with Crippen LogP contribution in [-0.4, -0.2) is 6.88 Å². The topological polar surface area (TPSA) is 0 Å². The molecule has 0 aliphatic heterocycles. The molecule has 140 valence electrons. The maximum atomic E-state index is 3.06. The summed E-state index contributed by atoms with van der Waals surface area (Å²) in [6, 6.07) is 29.3. The zero-order chi connectivity index (χ0) is 16.9. The molecule has 0 nitrogen and oxygen atoms in total. The number of hydrogen-bond acceptors (Lipinski definition) is 0. The number of rotatable bonds is 0. The van der Waals surface area contributed by atoms with Crippen molar-refractivity contribution in [2.75, 3.05) is 0 Å². The van der Waals surface area contributed by atoms with Gasteiger partial charge in [0.25, 0.3) is 0 Å². The minimum atomic E-state index is 0. The summed E-state index contributed by atoms with van der Waals surface area (Å²) in [6.07, 6.45) is 2.00. The van der Waals surface area contributed by atoms with E-state index in [1.807, 2.05) is 20.3 Å². The van der Waals surface area contributed by atoms with Crippen molar-refractivity contribution >= 4 is 53.2 Å². The zero-order valence-corrected chi connectivity index (χ0v) is 20.6. The van der Waals surface area contributed by atoms with Crippen LogP contribution in [0.3, 0.4) is 0 Å². The van der Waals surface area contributed by atoms with Crippen LogP contribution in [0.1, 0.15) is 13.8 Å². The Morgan fingerprint density at radius 1 is 0.692 bits per heavy atom. The first-order chi connectivity index (χ1) is 11.3. The summed E-state index contributed by atoms with van der Waals surface area (Å²) in [5.74, 6) is 0. The van der Waals surface area contributed by atoms with Gasteiger partial charge in [-0.05, 0) is 0 Å². The fraction of sp³-hybridized carbons (Fsp3) is 0.0909. The van der Waals surface area contributed by atoms with Crippen molar-refractivity contribution in [1.29, 1.82) is 0 Å². The molecule has 0 aromatic heterocycles. The van der Waals surface area contributed by atoms with Crippen molar-refractivity contribution in [3.05, 3.63) is 98.8 Å². The maximum Gasteiger partial charge on any atom is -0.0809 e. The van der Waals surface area contributed by atoms with E-state index in [1.54, 1.807) is 0 Å². The van der Waals surface area contributed by atoms with Crippen molar-refractivity contribution in [3.8, 4) is 0 Å². The van der Waals surface area contributed by atoms with Gasteiger partial charge in [0.1, 0.15) is 0 Å². The molecule has 0 N–H and O–H groups in total. The molecule has 4 rings (SSSR count). The zero-order valence-electron chi connectivity index (χ0n) is 15.5. The van der Waals surface area contributed by atoms with Crippen LogP contribution in [0.2, 0.25) is 0 Å². The quantitative estimate of drug-likeness (QED) is 0.184. The van der Waals surface area contributed by atoms with Crippen LogP contribution < -0.4 is 0 Å². The molecular weight excluding hydrogens is 454 g/mol. The predicted octanol–water partition coefficient (Wildman–Crippen LogP) is 7.26. The van der Waals surface area contributed by atoms with E-state index < -0.39 is 0 Å². The molecule has 2 radical (unpaired) electrons. The summed E-state index contributed by atoms with van der Waals surface area (Å²) in [6.45, 7) is 7.06. The number of fused-ring (bicyclic) bond motifs is 2. The second kappa shape index (κ2) is 19.1. The van der Waals surface area contributed by atoms with Gasteiger partial charge < -0.3 is 13.8 Å². The Balaban J connectivity index is -0.000000300. The minimum absolute atomic E-state index is 0. The standard InChI is InChI=1S/2C9H7.C3H7.CH3.2ClH.Si.Zr/c2*1-2-5-9-7-3-6-8(9)4-1;1-3-2;;;;;/h2*1-7H;3H,1-2H3;1H3;2*1H;;/q4*-1;;;;. The van der Waals surface area contributed by atoms with E-state index in [0.29, 0.717) is 0 Å². The van der Waals surface area contributed by atoms with Crippen LogP contribution >= 0.6 is 24.8 Å². The van der Waals surface area contributed by atoms with Crippen molar-refractivity contribution < 1.29 is 23.3 Å². The summed E-state index contributed by atoms with van der Waals surface area (Å²) in [5.41, 5.74) is 0. The molecule has 0 fully saturated rings. The summed E-state index contributed by atoms with van der Waals surface area (Å²) in [5, 5.41) is 5.32. The molecular formula is C22H26Cl2SiZr-4. The molecule has 0 atom stereocenters. The summed E-state index contributed by atoms with van der Waals surface area (Å²) < 4.78 is 0. The predicted molar refractivity (Wildman–Crippen MR) is 121 cm³/mol. The van der Waals surface area contributed by atoms with E-state index in [0.717, 1.165) is 0 Å². The smallest absolute Gasteiger partial charge is 0.0809 e. The third-order valence-corrected chi connectivity index (χ3v) is 3.10. The van der Waals surface area contributed by atoms with Gasteiger partial charge in [0.2, 0.25) is 0 Å². The van der Waals surface area contributed by atoms with E-state index in [2.05, 4.69) is 91.8 Å². The van der Waals surface area contributed by atoms with Crippen molar-refractivity contribution in [2.45, 2.75) is 13.8 Å². The Bertz CT molecular complexity index is 666. The second-order valence-corrected chi connectivity index (χ2v) is 4.89. The Hall–Kier alpha value is -0.660. The van der Waals surface area contributed by atoms with Crippen LogP contribution in [0.5, 0.6) is 0 Å². The Morgan fingerprint density at radius 2 is 1.00 bits per heavy atom.